The van der Waals surface area contributed by atoms with Crippen molar-refractivity contribution in [3.05, 3.63) is 65.2 Å². The van der Waals surface area contributed by atoms with Crippen LogP contribution in [0.1, 0.15) is 39.0 Å². The number of hydrogen-bond acceptors (Lipinski definition) is 4. The van der Waals surface area contributed by atoms with Crippen LogP contribution < -0.4 is 5.32 Å². The molecule has 0 aliphatic carbocycles. The molecule has 25 heavy (non-hydrogen) atoms. The molecule has 0 fully saturated rings. The minimum absolute atomic E-state index is 0.239. The van der Waals surface area contributed by atoms with Gasteiger partial charge in [-0.2, -0.15) is 0 Å². The van der Waals surface area contributed by atoms with E-state index in [9.17, 15) is 4.57 Å². The molecule has 0 bridgehead atoms. The minimum Gasteiger partial charge on any atom is -0.368 e. The molecule has 0 unspecified atom stereocenters. The van der Waals surface area contributed by atoms with Gasteiger partial charge in [-0.15, -0.1) is 0 Å². The van der Waals surface area contributed by atoms with Crippen LogP contribution in [-0.4, -0.2) is 12.2 Å². The maximum Gasteiger partial charge on any atom is 0.357 e. The number of nitrogens with one attached hydrogen (secondary N) is 1. The van der Waals surface area contributed by atoms with Crippen LogP contribution in [0.25, 0.3) is 0 Å². The maximum atomic E-state index is 13.7. The average Bonchev–Trinajstić information content (AvgIpc) is 2.53. The van der Waals surface area contributed by atoms with Crippen LogP contribution in [0.2, 0.25) is 5.02 Å². The van der Waals surface area contributed by atoms with Gasteiger partial charge in [0.05, 0.1) is 12.2 Å². The number of rotatable bonds is 8. The first-order valence-corrected chi connectivity index (χ1v) is 10.3. The minimum atomic E-state index is -3.50. The Hall–Kier alpha value is -1.32. The zero-order valence-electron chi connectivity index (χ0n) is 15.0. The highest BCUT2D eigenvalue weighted by Gasteiger charge is 2.39. The largest absolute Gasteiger partial charge is 0.368 e. The van der Waals surface area contributed by atoms with E-state index in [-0.39, 0.29) is 12.2 Å². The summed E-state index contributed by atoms with van der Waals surface area (Å²) in [6, 6.07) is 16.8. The molecule has 2 rings (SSSR count). The Labute approximate surface area is 155 Å². The molecule has 0 aliphatic heterocycles. The molecule has 0 aromatic heterocycles. The summed E-state index contributed by atoms with van der Waals surface area (Å²) in [7, 11) is -3.50. The van der Waals surface area contributed by atoms with Crippen molar-refractivity contribution < 1.29 is 13.6 Å². The van der Waals surface area contributed by atoms with Crippen LogP contribution >= 0.6 is 19.2 Å². The molecule has 6 heteroatoms. The molecule has 2 aromatic carbocycles. The molecule has 136 valence electrons. The van der Waals surface area contributed by atoms with Crippen LogP contribution in [-0.2, 0) is 13.6 Å². The molecule has 0 aliphatic rings. The van der Waals surface area contributed by atoms with Crippen molar-refractivity contribution in [1.29, 1.82) is 0 Å². The number of anilines is 1. The van der Waals surface area contributed by atoms with E-state index in [0.717, 1.165) is 11.3 Å². The van der Waals surface area contributed by atoms with Gasteiger partial charge in [0, 0.05) is 10.7 Å². The first-order chi connectivity index (χ1) is 11.8. The number of para-hydroxylation sites is 1. The van der Waals surface area contributed by atoms with Crippen molar-refractivity contribution in [2.24, 2.45) is 0 Å². The lowest BCUT2D eigenvalue weighted by Gasteiger charge is -2.31. The predicted molar refractivity (Wildman–Crippen MR) is 104 cm³/mol. The van der Waals surface area contributed by atoms with Crippen molar-refractivity contribution in [3.8, 4) is 0 Å². The highest BCUT2D eigenvalue weighted by atomic mass is 35.5. The number of hydrogen-bond donors (Lipinski definition) is 1. The molecule has 0 amide bonds. The zero-order valence-corrected chi connectivity index (χ0v) is 16.6. The summed E-state index contributed by atoms with van der Waals surface area (Å²) in [5.74, 6) is -0.642. The van der Waals surface area contributed by atoms with Crippen molar-refractivity contribution in [2.45, 2.75) is 45.7 Å². The van der Waals surface area contributed by atoms with Gasteiger partial charge in [0.1, 0.15) is 0 Å². The van der Waals surface area contributed by atoms with Gasteiger partial charge in [0.25, 0.3) is 0 Å². The lowest BCUT2D eigenvalue weighted by Crippen LogP contribution is -2.19. The second-order valence-corrected chi connectivity index (χ2v) is 8.77. The third kappa shape index (κ3) is 5.86. The summed E-state index contributed by atoms with van der Waals surface area (Å²) < 4.78 is 25.3. The first-order valence-electron chi connectivity index (χ1n) is 8.34. The summed E-state index contributed by atoms with van der Waals surface area (Å²) in [6.07, 6.45) is -0.478. The van der Waals surface area contributed by atoms with Gasteiger partial charge in [-0.25, -0.2) is 0 Å². The van der Waals surface area contributed by atoms with E-state index in [1.54, 1.807) is 12.1 Å². The molecule has 4 nitrogen and oxygen atoms in total. The Morgan fingerprint density at radius 1 is 0.880 bits per heavy atom. The molecule has 0 saturated heterocycles. The predicted octanol–water partition coefficient (Wildman–Crippen LogP) is 6.49. The van der Waals surface area contributed by atoms with Crippen molar-refractivity contribution in [3.63, 3.8) is 0 Å². The Balaban J connectivity index is 2.46. The molecule has 0 spiro atoms. The van der Waals surface area contributed by atoms with Gasteiger partial charge in [0.2, 0.25) is 0 Å². The van der Waals surface area contributed by atoms with Crippen LogP contribution in [0.15, 0.2) is 54.6 Å². The average molecular weight is 382 g/mol. The van der Waals surface area contributed by atoms with Gasteiger partial charge >= 0.3 is 7.60 Å². The second-order valence-electron chi connectivity index (χ2n) is 6.31. The molecule has 0 heterocycles. The number of benzene rings is 2. The van der Waals surface area contributed by atoms with E-state index in [2.05, 4.69) is 5.32 Å². The fourth-order valence-electron chi connectivity index (χ4n) is 2.42. The summed E-state index contributed by atoms with van der Waals surface area (Å²) in [4.78, 5) is 0. The molecular formula is C19H25ClNO3P. The highest BCUT2D eigenvalue weighted by Crippen LogP contribution is 2.62. The molecule has 2 aromatic rings. The third-order valence-electron chi connectivity index (χ3n) is 3.29. The summed E-state index contributed by atoms with van der Waals surface area (Å²) in [6.45, 7) is 7.38. The fourth-order valence-corrected chi connectivity index (χ4v) is 4.86. The molecule has 1 N–H and O–H groups in total. The van der Waals surface area contributed by atoms with Crippen LogP contribution in [0, 0.1) is 0 Å². The monoisotopic (exact) mass is 381 g/mol. The molecule has 0 saturated carbocycles. The van der Waals surface area contributed by atoms with Crippen molar-refractivity contribution >= 4 is 24.9 Å². The van der Waals surface area contributed by atoms with E-state index < -0.39 is 13.4 Å². The molecular weight excluding hydrogens is 357 g/mol. The lowest BCUT2D eigenvalue weighted by molar-refractivity contribution is 0.138. The van der Waals surface area contributed by atoms with E-state index in [1.165, 1.54) is 0 Å². The standard InChI is InChI=1S/C19H25ClNO3P/c1-14(2)23-25(22,24-15(3)4)19(16-10-12-17(20)13-11-16)21-18-8-6-5-7-9-18/h5-15,19,21H,1-4H3/t19-/m0/s1. The van der Waals surface area contributed by atoms with E-state index in [0.29, 0.717) is 5.02 Å². The normalized spacial score (nSPS) is 13.2. The van der Waals surface area contributed by atoms with Crippen LogP contribution in [0.4, 0.5) is 5.69 Å². The van der Waals surface area contributed by atoms with Gasteiger partial charge in [-0.3, -0.25) is 4.57 Å². The Morgan fingerprint density at radius 3 is 1.88 bits per heavy atom. The zero-order chi connectivity index (χ0) is 18.4. The Kier molecular flexibility index (Phi) is 7.09. The fraction of sp³-hybridized carbons (Fsp3) is 0.368. The SMILES string of the molecule is CC(C)OP(=O)(OC(C)C)[C@H](Nc1ccccc1)c1ccc(Cl)cc1. The van der Waals surface area contributed by atoms with Gasteiger partial charge < -0.3 is 14.4 Å². The molecule has 1 atom stereocenters. The second kappa shape index (κ2) is 8.86. The quantitative estimate of drug-likeness (QED) is 0.530. The summed E-state index contributed by atoms with van der Waals surface area (Å²) in [5, 5.41) is 3.93. The van der Waals surface area contributed by atoms with E-state index in [1.807, 2.05) is 70.2 Å². The maximum absolute atomic E-state index is 13.7. The smallest absolute Gasteiger partial charge is 0.357 e. The van der Waals surface area contributed by atoms with Gasteiger partial charge in [-0.1, -0.05) is 41.9 Å². The lowest BCUT2D eigenvalue weighted by atomic mass is 10.2. The van der Waals surface area contributed by atoms with Crippen molar-refractivity contribution in [2.75, 3.05) is 5.32 Å². The van der Waals surface area contributed by atoms with Gasteiger partial charge in [-0.05, 0) is 57.5 Å². The van der Waals surface area contributed by atoms with Crippen molar-refractivity contribution in [1.82, 2.24) is 0 Å². The summed E-state index contributed by atoms with van der Waals surface area (Å²) >= 11 is 6.01. The Bertz CT molecular complexity index is 690. The number of halogens is 1. The topological polar surface area (TPSA) is 47.6 Å². The Morgan fingerprint density at radius 2 is 1.40 bits per heavy atom. The van der Waals surface area contributed by atoms with Gasteiger partial charge in [0.15, 0.2) is 5.78 Å². The summed E-state index contributed by atoms with van der Waals surface area (Å²) in [5.41, 5.74) is 1.63. The third-order valence-corrected chi connectivity index (χ3v) is 6.04. The van der Waals surface area contributed by atoms with Crippen LogP contribution in [0.5, 0.6) is 0 Å². The van der Waals surface area contributed by atoms with E-state index in [4.69, 9.17) is 20.6 Å². The first kappa shape index (κ1) is 20.0. The van der Waals surface area contributed by atoms with Crippen LogP contribution in [0.3, 0.4) is 0 Å². The highest BCUT2D eigenvalue weighted by molar-refractivity contribution is 7.54. The molecule has 0 radical (unpaired) electrons. The van der Waals surface area contributed by atoms with E-state index >= 15 is 0 Å².